The SMILES string of the molecule is Oc1cccc2c3c4c(cc12)C=CCN4CC=C3. The van der Waals surface area contributed by atoms with Crippen molar-refractivity contribution < 1.29 is 5.11 Å². The summed E-state index contributed by atoms with van der Waals surface area (Å²) in [5.74, 6) is 0.357. The molecule has 1 N–H and O–H groups in total. The largest absolute Gasteiger partial charge is 0.507 e. The number of aromatic hydroxyl groups is 1. The maximum Gasteiger partial charge on any atom is 0.123 e. The van der Waals surface area contributed by atoms with E-state index in [-0.39, 0.29) is 0 Å². The second kappa shape index (κ2) is 3.39. The lowest BCUT2D eigenvalue weighted by atomic mass is 9.93. The van der Waals surface area contributed by atoms with Gasteiger partial charge in [0, 0.05) is 24.0 Å². The summed E-state index contributed by atoms with van der Waals surface area (Å²) < 4.78 is 0. The highest BCUT2D eigenvalue weighted by Gasteiger charge is 2.21. The van der Waals surface area contributed by atoms with Gasteiger partial charge >= 0.3 is 0 Å². The Kier molecular flexibility index (Phi) is 1.84. The first-order valence-electron chi connectivity index (χ1n) is 6.21. The van der Waals surface area contributed by atoms with Gasteiger partial charge in [0.2, 0.25) is 0 Å². The first-order valence-corrected chi connectivity index (χ1v) is 6.21. The van der Waals surface area contributed by atoms with Crippen LogP contribution < -0.4 is 4.90 Å². The van der Waals surface area contributed by atoms with Crippen LogP contribution in [0.25, 0.3) is 22.9 Å². The zero-order valence-corrected chi connectivity index (χ0v) is 9.93. The van der Waals surface area contributed by atoms with Crippen molar-refractivity contribution >= 4 is 28.6 Å². The van der Waals surface area contributed by atoms with E-state index in [1.54, 1.807) is 6.07 Å². The molecule has 0 atom stereocenters. The molecule has 0 saturated carbocycles. The number of rotatable bonds is 0. The molecular formula is C16H13NO. The molecule has 0 fully saturated rings. The first-order chi connectivity index (χ1) is 8.84. The van der Waals surface area contributed by atoms with Crippen LogP contribution in [0.4, 0.5) is 5.69 Å². The number of phenolic OH excluding ortho intramolecular Hbond substituents is 1. The number of fused-ring (bicyclic) bond motifs is 2. The maximum atomic E-state index is 10.0. The lowest BCUT2D eigenvalue weighted by Gasteiger charge is -2.32. The van der Waals surface area contributed by atoms with Crippen molar-refractivity contribution in [2.75, 3.05) is 18.0 Å². The Hall–Kier alpha value is -2.22. The van der Waals surface area contributed by atoms with Gasteiger partial charge in [-0.15, -0.1) is 0 Å². The molecular weight excluding hydrogens is 222 g/mol. The Labute approximate surface area is 105 Å². The van der Waals surface area contributed by atoms with E-state index in [1.165, 1.54) is 16.8 Å². The standard InChI is InChI=1S/C16H13NO/c18-15-7-1-5-12-13-6-3-9-17-8-2-4-11(16(13)17)10-14(12)15/h1-7,10,18H,8-9H2. The molecule has 2 aromatic rings. The van der Waals surface area contributed by atoms with E-state index in [2.05, 4.69) is 41.3 Å². The average molecular weight is 235 g/mol. The molecule has 0 radical (unpaired) electrons. The molecule has 0 amide bonds. The predicted molar refractivity (Wildman–Crippen MR) is 75.9 cm³/mol. The van der Waals surface area contributed by atoms with Crippen LogP contribution in [0, 0.1) is 0 Å². The van der Waals surface area contributed by atoms with Crippen LogP contribution in [0.3, 0.4) is 0 Å². The minimum absolute atomic E-state index is 0.357. The van der Waals surface area contributed by atoms with Crippen molar-refractivity contribution in [2.24, 2.45) is 0 Å². The van der Waals surface area contributed by atoms with Crippen molar-refractivity contribution in [3.05, 3.63) is 47.5 Å². The Morgan fingerprint density at radius 2 is 1.83 bits per heavy atom. The third kappa shape index (κ3) is 1.17. The molecule has 4 rings (SSSR count). The fraction of sp³-hybridized carbons (Fsp3) is 0.125. The molecule has 0 aromatic heterocycles. The number of nitrogens with zero attached hydrogens (tertiary/aromatic N) is 1. The van der Waals surface area contributed by atoms with E-state index >= 15 is 0 Å². The number of hydrogen-bond donors (Lipinski definition) is 1. The second-order valence-corrected chi connectivity index (χ2v) is 4.81. The van der Waals surface area contributed by atoms with E-state index in [9.17, 15) is 5.11 Å². The van der Waals surface area contributed by atoms with Gasteiger partial charge in [-0.05, 0) is 23.1 Å². The lowest BCUT2D eigenvalue weighted by molar-refractivity contribution is 0.481. The molecule has 0 spiro atoms. The van der Waals surface area contributed by atoms with Crippen molar-refractivity contribution in [1.82, 2.24) is 0 Å². The normalized spacial score (nSPS) is 16.1. The van der Waals surface area contributed by atoms with E-state index in [0.717, 1.165) is 23.9 Å². The predicted octanol–water partition coefficient (Wildman–Crippen LogP) is 3.41. The summed E-state index contributed by atoms with van der Waals surface area (Å²) in [5.41, 5.74) is 3.74. The van der Waals surface area contributed by atoms with Gasteiger partial charge in [-0.1, -0.05) is 36.4 Å². The van der Waals surface area contributed by atoms with Crippen molar-refractivity contribution in [3.8, 4) is 5.75 Å². The van der Waals surface area contributed by atoms with E-state index in [0.29, 0.717) is 5.75 Å². The van der Waals surface area contributed by atoms with Gasteiger partial charge in [-0.3, -0.25) is 0 Å². The molecule has 18 heavy (non-hydrogen) atoms. The van der Waals surface area contributed by atoms with E-state index in [4.69, 9.17) is 0 Å². The molecule has 2 aliphatic heterocycles. The lowest BCUT2D eigenvalue weighted by Crippen LogP contribution is -2.28. The van der Waals surface area contributed by atoms with Gasteiger partial charge in [0.05, 0.1) is 5.69 Å². The van der Waals surface area contributed by atoms with Crippen LogP contribution in [0.1, 0.15) is 11.1 Å². The minimum atomic E-state index is 0.357. The second-order valence-electron chi connectivity index (χ2n) is 4.81. The number of phenols is 1. The van der Waals surface area contributed by atoms with Crippen molar-refractivity contribution in [3.63, 3.8) is 0 Å². The first kappa shape index (κ1) is 9.77. The van der Waals surface area contributed by atoms with Crippen molar-refractivity contribution in [2.45, 2.75) is 0 Å². The summed E-state index contributed by atoms with van der Waals surface area (Å²) in [6.07, 6.45) is 8.70. The average Bonchev–Trinajstić information content (AvgIpc) is 2.41. The van der Waals surface area contributed by atoms with Gasteiger partial charge in [0.1, 0.15) is 5.75 Å². The maximum absolute atomic E-state index is 10.0. The Morgan fingerprint density at radius 1 is 1.00 bits per heavy atom. The Bertz CT molecular complexity index is 713. The Morgan fingerprint density at radius 3 is 2.72 bits per heavy atom. The zero-order valence-electron chi connectivity index (χ0n) is 9.93. The van der Waals surface area contributed by atoms with E-state index < -0.39 is 0 Å². The summed E-state index contributed by atoms with van der Waals surface area (Å²) in [6, 6.07) is 7.83. The van der Waals surface area contributed by atoms with Gasteiger partial charge in [-0.2, -0.15) is 0 Å². The van der Waals surface area contributed by atoms with Gasteiger partial charge in [0.15, 0.2) is 0 Å². The molecule has 0 unspecified atom stereocenters. The summed E-state index contributed by atoms with van der Waals surface area (Å²) in [7, 11) is 0. The molecule has 2 heterocycles. The molecule has 2 aliphatic rings. The fourth-order valence-corrected chi connectivity index (χ4v) is 2.96. The molecule has 2 nitrogen and oxygen atoms in total. The van der Waals surface area contributed by atoms with Gasteiger partial charge < -0.3 is 10.0 Å². The van der Waals surface area contributed by atoms with Crippen LogP contribution in [0.5, 0.6) is 5.75 Å². The molecule has 88 valence electrons. The van der Waals surface area contributed by atoms with Crippen LogP contribution in [-0.2, 0) is 0 Å². The monoisotopic (exact) mass is 235 g/mol. The van der Waals surface area contributed by atoms with Gasteiger partial charge in [0.25, 0.3) is 0 Å². The third-order valence-corrected chi connectivity index (χ3v) is 3.75. The van der Waals surface area contributed by atoms with Crippen LogP contribution >= 0.6 is 0 Å². The zero-order chi connectivity index (χ0) is 12.1. The quantitative estimate of drug-likeness (QED) is 0.756. The highest BCUT2D eigenvalue weighted by Crippen LogP contribution is 2.40. The molecule has 0 bridgehead atoms. The van der Waals surface area contributed by atoms with Crippen LogP contribution in [0.2, 0.25) is 0 Å². The molecule has 2 aromatic carbocycles. The molecule has 2 heteroatoms. The number of anilines is 1. The Balaban J connectivity index is 2.20. The fourth-order valence-electron chi connectivity index (χ4n) is 2.96. The number of hydrogen-bond acceptors (Lipinski definition) is 2. The van der Waals surface area contributed by atoms with E-state index in [1.807, 2.05) is 6.07 Å². The smallest absolute Gasteiger partial charge is 0.123 e. The van der Waals surface area contributed by atoms with Crippen LogP contribution in [-0.4, -0.2) is 18.2 Å². The topological polar surface area (TPSA) is 23.5 Å². The summed E-state index contributed by atoms with van der Waals surface area (Å²) in [6.45, 7) is 1.93. The molecule has 0 aliphatic carbocycles. The summed E-state index contributed by atoms with van der Waals surface area (Å²) in [4.78, 5) is 2.37. The minimum Gasteiger partial charge on any atom is -0.507 e. The van der Waals surface area contributed by atoms with Gasteiger partial charge in [-0.25, -0.2) is 0 Å². The van der Waals surface area contributed by atoms with Crippen molar-refractivity contribution in [1.29, 1.82) is 0 Å². The third-order valence-electron chi connectivity index (χ3n) is 3.75. The summed E-state index contributed by atoms with van der Waals surface area (Å²) >= 11 is 0. The molecule has 0 saturated heterocycles. The highest BCUT2D eigenvalue weighted by molar-refractivity contribution is 6.03. The van der Waals surface area contributed by atoms with Crippen LogP contribution in [0.15, 0.2) is 36.4 Å². The summed E-state index contributed by atoms with van der Waals surface area (Å²) in [5, 5.41) is 12.1. The highest BCUT2D eigenvalue weighted by atomic mass is 16.3. The number of benzene rings is 2.